The van der Waals surface area contributed by atoms with Gasteiger partial charge in [0.15, 0.2) is 0 Å². The van der Waals surface area contributed by atoms with Gasteiger partial charge in [0.2, 0.25) is 5.91 Å². The van der Waals surface area contributed by atoms with Gasteiger partial charge in [-0.3, -0.25) is 4.79 Å². The first-order valence-corrected chi connectivity index (χ1v) is 8.86. The van der Waals surface area contributed by atoms with Crippen LogP contribution in [0.1, 0.15) is 0 Å². The molecule has 138 valence electrons. The molecule has 3 rings (SSSR count). The Morgan fingerprint density at radius 1 is 1.08 bits per heavy atom. The first-order chi connectivity index (χ1) is 12.6. The van der Waals surface area contributed by atoms with E-state index in [1.54, 1.807) is 0 Å². The van der Waals surface area contributed by atoms with Crippen LogP contribution in [0.4, 0.5) is 22.7 Å². The molecular formula is C20H26N4O2. The Morgan fingerprint density at radius 2 is 1.77 bits per heavy atom. The summed E-state index contributed by atoms with van der Waals surface area (Å²) in [5, 5.41) is 6.18. The summed E-state index contributed by atoms with van der Waals surface area (Å²) in [5.41, 5.74) is 3.97. The van der Waals surface area contributed by atoms with Gasteiger partial charge in [0.05, 0.1) is 31.1 Å². The molecule has 0 spiro atoms. The Kier molecular flexibility index (Phi) is 5.96. The molecule has 0 aliphatic carbocycles. The average molecular weight is 354 g/mol. The van der Waals surface area contributed by atoms with Crippen LogP contribution in [0, 0.1) is 0 Å². The normalized spacial score (nSPS) is 14.0. The van der Waals surface area contributed by atoms with E-state index in [0.717, 1.165) is 49.1 Å². The summed E-state index contributed by atoms with van der Waals surface area (Å²) < 4.78 is 5.42. The summed E-state index contributed by atoms with van der Waals surface area (Å²) in [4.78, 5) is 16.6. The van der Waals surface area contributed by atoms with E-state index in [1.165, 1.54) is 0 Å². The van der Waals surface area contributed by atoms with Crippen LogP contribution >= 0.6 is 0 Å². The third-order valence-electron chi connectivity index (χ3n) is 4.36. The van der Waals surface area contributed by atoms with Gasteiger partial charge >= 0.3 is 0 Å². The molecule has 6 nitrogen and oxygen atoms in total. The number of carbonyl (C=O) groups excluding carboxylic acids is 1. The highest BCUT2D eigenvalue weighted by atomic mass is 16.5. The second-order valence-corrected chi connectivity index (χ2v) is 6.46. The van der Waals surface area contributed by atoms with Gasteiger partial charge in [0.25, 0.3) is 0 Å². The van der Waals surface area contributed by atoms with E-state index in [-0.39, 0.29) is 12.5 Å². The van der Waals surface area contributed by atoms with Gasteiger partial charge in [-0.25, -0.2) is 0 Å². The quantitative estimate of drug-likeness (QED) is 0.835. The van der Waals surface area contributed by atoms with Crippen LogP contribution in [0.15, 0.2) is 48.5 Å². The number of nitrogens with one attached hydrogen (secondary N) is 2. The number of benzene rings is 2. The Bertz CT molecular complexity index is 725. The van der Waals surface area contributed by atoms with Gasteiger partial charge in [-0.15, -0.1) is 0 Å². The molecule has 6 heteroatoms. The SMILES string of the molecule is CN(C)c1ccc(NC(=O)CNc2ccccc2N2CCOCC2)cc1. The number of ether oxygens (including phenoxy) is 1. The second kappa shape index (κ2) is 8.58. The van der Waals surface area contributed by atoms with E-state index in [4.69, 9.17) is 4.74 Å². The van der Waals surface area contributed by atoms with E-state index in [2.05, 4.69) is 21.6 Å². The fourth-order valence-corrected chi connectivity index (χ4v) is 2.93. The number of morpholine rings is 1. The smallest absolute Gasteiger partial charge is 0.243 e. The molecule has 1 aliphatic heterocycles. The first-order valence-electron chi connectivity index (χ1n) is 8.86. The summed E-state index contributed by atoms with van der Waals surface area (Å²) in [6.07, 6.45) is 0. The average Bonchev–Trinajstić information content (AvgIpc) is 2.68. The predicted octanol–water partition coefficient (Wildman–Crippen LogP) is 2.64. The number of amides is 1. The van der Waals surface area contributed by atoms with Gasteiger partial charge in [-0.1, -0.05) is 12.1 Å². The molecule has 1 amide bonds. The van der Waals surface area contributed by atoms with Crippen molar-refractivity contribution < 1.29 is 9.53 Å². The Labute approximate surface area is 154 Å². The van der Waals surface area contributed by atoms with Gasteiger partial charge in [0, 0.05) is 38.6 Å². The number of hydrogen-bond acceptors (Lipinski definition) is 5. The van der Waals surface area contributed by atoms with Crippen LogP contribution in [0.5, 0.6) is 0 Å². The zero-order valence-electron chi connectivity index (χ0n) is 15.4. The highest BCUT2D eigenvalue weighted by Crippen LogP contribution is 2.26. The molecule has 0 aromatic heterocycles. The zero-order valence-corrected chi connectivity index (χ0v) is 15.4. The summed E-state index contributed by atoms with van der Waals surface area (Å²) in [6.45, 7) is 3.42. The van der Waals surface area contributed by atoms with Crippen LogP contribution in [0.25, 0.3) is 0 Å². The van der Waals surface area contributed by atoms with Crippen LogP contribution in [-0.4, -0.2) is 52.9 Å². The van der Waals surface area contributed by atoms with Crippen molar-refractivity contribution in [2.24, 2.45) is 0 Å². The summed E-state index contributed by atoms with van der Waals surface area (Å²) >= 11 is 0. The fraction of sp³-hybridized carbons (Fsp3) is 0.350. The van der Waals surface area contributed by atoms with Crippen molar-refractivity contribution in [2.45, 2.75) is 0 Å². The van der Waals surface area contributed by atoms with E-state index >= 15 is 0 Å². The minimum absolute atomic E-state index is 0.0700. The molecule has 2 aromatic carbocycles. The second-order valence-electron chi connectivity index (χ2n) is 6.46. The van der Waals surface area contributed by atoms with Crippen molar-refractivity contribution in [1.82, 2.24) is 0 Å². The van der Waals surface area contributed by atoms with Gasteiger partial charge < -0.3 is 25.2 Å². The summed E-state index contributed by atoms with van der Waals surface area (Å²) in [6, 6.07) is 15.9. The highest BCUT2D eigenvalue weighted by molar-refractivity contribution is 5.94. The Morgan fingerprint density at radius 3 is 2.46 bits per heavy atom. The molecule has 26 heavy (non-hydrogen) atoms. The minimum atomic E-state index is -0.0700. The van der Waals surface area contributed by atoms with Gasteiger partial charge in [-0.05, 0) is 36.4 Å². The number of anilines is 4. The Hall–Kier alpha value is -2.73. The standard InChI is InChI=1S/C20H26N4O2/c1-23(2)17-9-7-16(8-10-17)22-20(25)15-21-18-5-3-4-6-19(18)24-11-13-26-14-12-24/h3-10,21H,11-15H2,1-2H3,(H,22,25). The summed E-state index contributed by atoms with van der Waals surface area (Å²) in [7, 11) is 3.98. The van der Waals surface area contributed by atoms with E-state index in [0.29, 0.717) is 0 Å². The molecular weight excluding hydrogens is 328 g/mol. The van der Waals surface area contributed by atoms with Crippen molar-refractivity contribution in [3.8, 4) is 0 Å². The lowest BCUT2D eigenvalue weighted by Crippen LogP contribution is -2.36. The van der Waals surface area contributed by atoms with E-state index in [9.17, 15) is 4.79 Å². The molecule has 1 saturated heterocycles. The molecule has 0 atom stereocenters. The molecule has 0 bridgehead atoms. The van der Waals surface area contributed by atoms with Crippen molar-refractivity contribution in [3.63, 3.8) is 0 Å². The number of nitrogens with zero attached hydrogens (tertiary/aromatic N) is 2. The zero-order chi connectivity index (χ0) is 18.4. The monoisotopic (exact) mass is 354 g/mol. The number of rotatable bonds is 6. The Balaban J connectivity index is 1.57. The number of hydrogen-bond donors (Lipinski definition) is 2. The third kappa shape index (κ3) is 4.67. The molecule has 1 heterocycles. The molecule has 0 unspecified atom stereocenters. The minimum Gasteiger partial charge on any atom is -0.378 e. The molecule has 2 aromatic rings. The van der Waals surface area contributed by atoms with Crippen molar-refractivity contribution in [2.75, 3.05) is 67.4 Å². The van der Waals surface area contributed by atoms with Crippen LogP contribution in [0.2, 0.25) is 0 Å². The van der Waals surface area contributed by atoms with E-state index < -0.39 is 0 Å². The lowest BCUT2D eigenvalue weighted by Gasteiger charge is -2.30. The predicted molar refractivity (Wildman–Crippen MR) is 107 cm³/mol. The highest BCUT2D eigenvalue weighted by Gasteiger charge is 2.14. The maximum atomic E-state index is 12.3. The first kappa shape index (κ1) is 18.1. The van der Waals surface area contributed by atoms with Gasteiger partial charge in [0.1, 0.15) is 0 Å². The largest absolute Gasteiger partial charge is 0.378 e. The third-order valence-corrected chi connectivity index (χ3v) is 4.36. The van der Waals surface area contributed by atoms with Gasteiger partial charge in [-0.2, -0.15) is 0 Å². The van der Waals surface area contributed by atoms with Crippen LogP contribution < -0.4 is 20.4 Å². The van der Waals surface area contributed by atoms with Crippen molar-refractivity contribution >= 4 is 28.7 Å². The number of para-hydroxylation sites is 2. The van der Waals surface area contributed by atoms with Crippen LogP contribution in [-0.2, 0) is 9.53 Å². The number of carbonyl (C=O) groups is 1. The molecule has 1 fully saturated rings. The van der Waals surface area contributed by atoms with Crippen molar-refractivity contribution in [3.05, 3.63) is 48.5 Å². The molecule has 0 saturated carbocycles. The fourth-order valence-electron chi connectivity index (χ4n) is 2.93. The maximum absolute atomic E-state index is 12.3. The molecule has 2 N–H and O–H groups in total. The summed E-state index contributed by atoms with van der Waals surface area (Å²) in [5.74, 6) is -0.0700. The molecule has 1 aliphatic rings. The molecule has 0 radical (unpaired) electrons. The lowest BCUT2D eigenvalue weighted by atomic mass is 10.2. The van der Waals surface area contributed by atoms with Crippen LogP contribution in [0.3, 0.4) is 0 Å². The van der Waals surface area contributed by atoms with Crippen molar-refractivity contribution in [1.29, 1.82) is 0 Å². The van der Waals surface area contributed by atoms with E-state index in [1.807, 2.05) is 61.5 Å². The lowest BCUT2D eigenvalue weighted by molar-refractivity contribution is -0.114. The maximum Gasteiger partial charge on any atom is 0.243 e. The topological polar surface area (TPSA) is 56.8 Å².